The number of ketones is 1. The Morgan fingerprint density at radius 3 is 2.84 bits per heavy atom. The van der Waals surface area contributed by atoms with Crippen molar-refractivity contribution in [2.24, 2.45) is 17.6 Å². The number of rotatable bonds is 4. The summed E-state index contributed by atoms with van der Waals surface area (Å²) < 4.78 is 2.61. The van der Waals surface area contributed by atoms with E-state index >= 15 is 0 Å². The zero-order valence-electron chi connectivity index (χ0n) is 11.6. The molecular weight excluding hydrogens is 306 g/mol. The fraction of sp³-hybridized carbons (Fsp3) is 0.714. The number of aromatic nitrogens is 2. The van der Waals surface area contributed by atoms with Crippen LogP contribution in [0.2, 0.25) is 0 Å². The van der Waals surface area contributed by atoms with Crippen molar-refractivity contribution >= 4 is 21.7 Å². The van der Waals surface area contributed by atoms with Gasteiger partial charge in [-0.2, -0.15) is 5.10 Å². The molecule has 4 nitrogen and oxygen atoms in total. The molecular formula is C14H22BrN3O. The van der Waals surface area contributed by atoms with Gasteiger partial charge >= 0.3 is 0 Å². The normalized spacial score (nSPS) is 23.8. The van der Waals surface area contributed by atoms with E-state index in [-0.39, 0.29) is 17.7 Å². The van der Waals surface area contributed by atoms with E-state index in [0.29, 0.717) is 18.2 Å². The summed E-state index contributed by atoms with van der Waals surface area (Å²) in [7, 11) is 0. The Bertz CT molecular complexity index is 456. The Morgan fingerprint density at radius 1 is 1.53 bits per heavy atom. The van der Waals surface area contributed by atoms with Gasteiger partial charge in [0.1, 0.15) is 5.69 Å². The molecule has 1 aliphatic rings. The monoisotopic (exact) mass is 327 g/mol. The van der Waals surface area contributed by atoms with Crippen molar-refractivity contribution in [2.45, 2.75) is 45.6 Å². The van der Waals surface area contributed by atoms with Crippen molar-refractivity contribution in [2.75, 3.05) is 6.54 Å². The topological polar surface area (TPSA) is 60.9 Å². The molecule has 1 aromatic heterocycles. The molecule has 2 atom stereocenters. The average molecular weight is 328 g/mol. The van der Waals surface area contributed by atoms with Crippen molar-refractivity contribution in [3.63, 3.8) is 0 Å². The highest BCUT2D eigenvalue weighted by molar-refractivity contribution is 9.10. The predicted octanol–water partition coefficient (Wildman–Crippen LogP) is 3.17. The van der Waals surface area contributed by atoms with E-state index in [4.69, 9.17) is 5.73 Å². The van der Waals surface area contributed by atoms with Gasteiger partial charge in [-0.15, -0.1) is 0 Å². The van der Waals surface area contributed by atoms with Crippen LogP contribution in [-0.2, 0) is 0 Å². The number of nitrogens with two attached hydrogens (primary N) is 1. The lowest BCUT2D eigenvalue weighted by molar-refractivity contribution is 0.0815. The van der Waals surface area contributed by atoms with E-state index in [9.17, 15) is 4.79 Å². The van der Waals surface area contributed by atoms with Gasteiger partial charge in [0.15, 0.2) is 5.78 Å². The number of hydrogen-bond donors (Lipinski definition) is 1. The Kier molecular flexibility index (Phi) is 4.79. The quantitative estimate of drug-likeness (QED) is 0.864. The Morgan fingerprint density at radius 2 is 2.21 bits per heavy atom. The van der Waals surface area contributed by atoms with Gasteiger partial charge in [-0.3, -0.25) is 9.48 Å². The van der Waals surface area contributed by atoms with Crippen LogP contribution < -0.4 is 5.73 Å². The van der Waals surface area contributed by atoms with Crippen molar-refractivity contribution < 1.29 is 4.79 Å². The maximum Gasteiger partial charge on any atom is 0.185 e. The third-order valence-corrected chi connectivity index (χ3v) is 4.60. The molecule has 2 unspecified atom stereocenters. The summed E-state index contributed by atoms with van der Waals surface area (Å²) in [6, 6.07) is 0.185. The molecule has 1 aliphatic carbocycles. The van der Waals surface area contributed by atoms with E-state index in [1.165, 1.54) is 6.42 Å². The van der Waals surface area contributed by atoms with Crippen molar-refractivity contribution in [3.8, 4) is 0 Å². The minimum atomic E-state index is 0.0595. The van der Waals surface area contributed by atoms with Crippen LogP contribution in [0.5, 0.6) is 0 Å². The Hall–Kier alpha value is -0.680. The summed E-state index contributed by atoms with van der Waals surface area (Å²) in [5.74, 6) is 0.584. The van der Waals surface area contributed by atoms with E-state index in [2.05, 4.69) is 21.0 Å². The molecule has 5 heteroatoms. The van der Waals surface area contributed by atoms with Crippen LogP contribution in [0, 0.1) is 11.8 Å². The molecule has 0 spiro atoms. The van der Waals surface area contributed by atoms with Gasteiger partial charge in [-0.25, -0.2) is 0 Å². The lowest BCUT2D eigenvalue weighted by atomic mass is 9.76. The van der Waals surface area contributed by atoms with Crippen LogP contribution in [0.3, 0.4) is 0 Å². The first-order valence-electron chi connectivity index (χ1n) is 7.03. The maximum absolute atomic E-state index is 12.8. The highest BCUT2D eigenvalue weighted by Gasteiger charge is 2.33. The van der Waals surface area contributed by atoms with E-state index in [1.54, 1.807) is 6.20 Å². The van der Waals surface area contributed by atoms with Gasteiger partial charge in [-0.05, 0) is 55.1 Å². The third kappa shape index (κ3) is 2.92. The molecule has 1 heterocycles. The summed E-state index contributed by atoms with van der Waals surface area (Å²) in [5, 5.41) is 4.30. The van der Waals surface area contributed by atoms with Crippen molar-refractivity contribution in [3.05, 3.63) is 16.4 Å². The SMILES string of the molecule is CC(C)n1ncc(Br)c1C(=O)C1CCCCC1CN. The first-order chi connectivity index (χ1) is 9.06. The van der Waals surface area contributed by atoms with E-state index < -0.39 is 0 Å². The molecule has 106 valence electrons. The summed E-state index contributed by atoms with van der Waals surface area (Å²) in [4.78, 5) is 12.8. The molecule has 2 rings (SSSR count). The molecule has 0 bridgehead atoms. The zero-order valence-corrected chi connectivity index (χ0v) is 13.2. The molecule has 1 fully saturated rings. The minimum Gasteiger partial charge on any atom is -0.330 e. The second kappa shape index (κ2) is 6.18. The first-order valence-corrected chi connectivity index (χ1v) is 7.82. The van der Waals surface area contributed by atoms with Gasteiger partial charge in [0.2, 0.25) is 0 Å². The standard InChI is InChI=1S/C14H22BrN3O/c1-9(2)18-13(12(15)8-17-18)14(19)11-6-4-3-5-10(11)7-16/h8-11H,3-7,16H2,1-2H3. The van der Waals surface area contributed by atoms with Gasteiger partial charge < -0.3 is 5.73 Å². The molecule has 0 amide bonds. The molecule has 0 saturated heterocycles. The lowest BCUT2D eigenvalue weighted by Crippen LogP contribution is -2.33. The molecule has 0 radical (unpaired) electrons. The Balaban J connectivity index is 2.30. The van der Waals surface area contributed by atoms with Gasteiger partial charge in [0, 0.05) is 12.0 Å². The minimum absolute atomic E-state index is 0.0595. The number of Topliss-reactive ketones (excluding diaryl/α,β-unsaturated/α-hetero) is 1. The van der Waals surface area contributed by atoms with Crippen LogP contribution in [0.15, 0.2) is 10.7 Å². The number of halogens is 1. The van der Waals surface area contributed by atoms with Crippen LogP contribution in [-0.4, -0.2) is 22.1 Å². The number of carbonyl (C=O) groups is 1. The fourth-order valence-corrected chi connectivity index (χ4v) is 3.44. The van der Waals surface area contributed by atoms with Crippen LogP contribution in [0.25, 0.3) is 0 Å². The number of carbonyl (C=O) groups excluding carboxylic acids is 1. The smallest absolute Gasteiger partial charge is 0.185 e. The first kappa shape index (κ1) is 14.7. The molecule has 2 N–H and O–H groups in total. The highest BCUT2D eigenvalue weighted by Crippen LogP contribution is 2.34. The lowest BCUT2D eigenvalue weighted by Gasteiger charge is -2.29. The maximum atomic E-state index is 12.8. The zero-order chi connectivity index (χ0) is 14.0. The van der Waals surface area contributed by atoms with Crippen LogP contribution in [0.1, 0.15) is 56.1 Å². The average Bonchev–Trinajstić information content (AvgIpc) is 2.80. The second-order valence-corrected chi connectivity index (χ2v) is 6.48. The third-order valence-electron chi connectivity index (χ3n) is 4.02. The largest absolute Gasteiger partial charge is 0.330 e. The fourth-order valence-electron chi connectivity index (χ4n) is 2.97. The second-order valence-electron chi connectivity index (χ2n) is 5.63. The molecule has 0 aromatic carbocycles. The number of hydrogen-bond acceptors (Lipinski definition) is 3. The summed E-state index contributed by atoms with van der Waals surface area (Å²) in [5.41, 5.74) is 6.54. The predicted molar refractivity (Wildman–Crippen MR) is 79.1 cm³/mol. The van der Waals surface area contributed by atoms with Crippen molar-refractivity contribution in [1.29, 1.82) is 0 Å². The van der Waals surface area contributed by atoms with Crippen LogP contribution >= 0.6 is 15.9 Å². The van der Waals surface area contributed by atoms with Gasteiger partial charge in [0.25, 0.3) is 0 Å². The summed E-state index contributed by atoms with van der Waals surface area (Å²) in [6.07, 6.45) is 6.06. The number of nitrogens with zero attached hydrogens (tertiary/aromatic N) is 2. The molecule has 19 heavy (non-hydrogen) atoms. The molecule has 0 aliphatic heterocycles. The van der Waals surface area contributed by atoms with Crippen molar-refractivity contribution in [1.82, 2.24) is 9.78 Å². The Labute approximate surface area is 122 Å². The van der Waals surface area contributed by atoms with E-state index in [0.717, 1.165) is 23.7 Å². The summed E-state index contributed by atoms with van der Waals surface area (Å²) in [6.45, 7) is 4.68. The molecule has 1 saturated carbocycles. The molecule has 1 aromatic rings. The van der Waals surface area contributed by atoms with Gasteiger partial charge in [-0.1, -0.05) is 12.8 Å². The van der Waals surface area contributed by atoms with E-state index in [1.807, 2.05) is 18.5 Å². The summed E-state index contributed by atoms with van der Waals surface area (Å²) >= 11 is 3.46. The van der Waals surface area contributed by atoms with Gasteiger partial charge in [0.05, 0.1) is 10.7 Å². The van der Waals surface area contributed by atoms with Crippen LogP contribution in [0.4, 0.5) is 0 Å². The highest BCUT2D eigenvalue weighted by atomic mass is 79.9.